The van der Waals surface area contributed by atoms with Crippen molar-refractivity contribution in [2.24, 2.45) is 0 Å². The highest BCUT2D eigenvalue weighted by Crippen LogP contribution is 2.27. The molecule has 0 saturated carbocycles. The number of rotatable bonds is 3. The van der Waals surface area contributed by atoms with Gasteiger partial charge in [-0.15, -0.1) is 11.8 Å². The lowest BCUT2D eigenvalue weighted by Crippen LogP contribution is -1.89. The lowest BCUT2D eigenvalue weighted by atomic mass is 10.3. The first-order chi connectivity index (χ1) is 6.75. The van der Waals surface area contributed by atoms with Crippen LogP contribution < -0.4 is 0 Å². The number of hydrogen-bond acceptors (Lipinski definition) is 4. The van der Waals surface area contributed by atoms with Crippen molar-refractivity contribution in [3.05, 3.63) is 34.4 Å². The highest BCUT2D eigenvalue weighted by Gasteiger charge is 2.10. The van der Waals surface area contributed by atoms with Gasteiger partial charge in [-0.05, 0) is 11.8 Å². The first kappa shape index (κ1) is 12.9. The Balaban J connectivity index is 0.000000791. The minimum absolute atomic E-state index is 0.198. The third-order valence-electron chi connectivity index (χ3n) is 1.36. The zero-order valence-electron chi connectivity index (χ0n) is 8.14. The van der Waals surface area contributed by atoms with Crippen molar-refractivity contribution in [1.29, 1.82) is 0 Å². The van der Waals surface area contributed by atoms with E-state index in [1.54, 1.807) is 12.1 Å². The van der Waals surface area contributed by atoms with E-state index in [1.807, 2.05) is 13.0 Å². The molecule has 78 valence electrons. The van der Waals surface area contributed by atoms with Crippen molar-refractivity contribution in [1.82, 2.24) is 0 Å². The zero-order valence-corrected chi connectivity index (χ0v) is 8.95. The van der Waals surface area contributed by atoms with E-state index in [2.05, 4.69) is 0 Å². The Kier molecular flexibility index (Phi) is 6.78. The van der Waals surface area contributed by atoms with Crippen molar-refractivity contribution in [2.75, 3.05) is 12.9 Å². The molecule has 1 aromatic carbocycles. The summed E-state index contributed by atoms with van der Waals surface area (Å²) in [6.45, 7) is 1.97. The van der Waals surface area contributed by atoms with Crippen LogP contribution in [-0.4, -0.2) is 22.9 Å². The molecule has 0 aliphatic carbocycles. The van der Waals surface area contributed by atoms with E-state index in [1.165, 1.54) is 17.8 Å². The Morgan fingerprint density at radius 1 is 1.43 bits per heavy atom. The van der Waals surface area contributed by atoms with E-state index < -0.39 is 0 Å². The number of nitrogens with zero attached hydrogens (tertiary/aromatic N) is 1. The maximum absolute atomic E-state index is 10.5. The van der Waals surface area contributed by atoms with Crippen LogP contribution in [-0.2, 0) is 0 Å². The van der Waals surface area contributed by atoms with Gasteiger partial charge in [-0.1, -0.05) is 19.1 Å². The van der Waals surface area contributed by atoms with E-state index in [9.17, 15) is 10.1 Å². The molecular weight excluding hydrogens is 202 g/mol. The second-order valence-electron chi connectivity index (χ2n) is 2.16. The maximum Gasteiger partial charge on any atom is 0.282 e. The van der Waals surface area contributed by atoms with Crippen LogP contribution in [0.15, 0.2) is 29.2 Å². The van der Waals surface area contributed by atoms with Gasteiger partial charge in [-0.2, -0.15) is 0 Å². The lowest BCUT2D eigenvalue weighted by Gasteiger charge is -1.98. The topological polar surface area (TPSA) is 63.4 Å². The van der Waals surface area contributed by atoms with Gasteiger partial charge in [0, 0.05) is 13.2 Å². The first-order valence-electron chi connectivity index (χ1n) is 4.06. The molecule has 0 spiro atoms. The number of aliphatic hydroxyl groups excluding tert-OH is 1. The number of hydrogen-bond donors (Lipinski definition) is 1. The smallest absolute Gasteiger partial charge is 0.282 e. The minimum atomic E-state index is -0.349. The second-order valence-corrected chi connectivity index (χ2v) is 3.46. The molecule has 1 rings (SSSR count). The number of aliphatic hydroxyl groups is 1. The molecular formula is C9H13NO3S. The predicted octanol–water partition coefficient (Wildman–Crippen LogP) is 2.32. The summed E-state index contributed by atoms with van der Waals surface area (Å²) < 4.78 is 0. The van der Waals surface area contributed by atoms with Gasteiger partial charge in [0.05, 0.1) is 9.82 Å². The summed E-state index contributed by atoms with van der Waals surface area (Å²) in [5.74, 6) is 0.852. The quantitative estimate of drug-likeness (QED) is 0.477. The SMILES string of the molecule is CCSc1ccccc1[N+](=O)[O-].CO. The van der Waals surface area contributed by atoms with E-state index >= 15 is 0 Å². The monoisotopic (exact) mass is 215 g/mol. The maximum atomic E-state index is 10.5. The van der Waals surface area contributed by atoms with Gasteiger partial charge in [-0.25, -0.2) is 0 Å². The van der Waals surface area contributed by atoms with Crippen LogP contribution in [0.4, 0.5) is 5.69 Å². The second kappa shape index (κ2) is 7.34. The largest absolute Gasteiger partial charge is 0.400 e. The highest BCUT2D eigenvalue weighted by molar-refractivity contribution is 7.99. The standard InChI is InChI=1S/C8H9NO2S.CH4O/c1-2-12-8-6-4-3-5-7(8)9(10)11;1-2/h3-6H,2H2,1H3;2H,1H3. The summed E-state index contributed by atoms with van der Waals surface area (Å²) in [6.07, 6.45) is 0. The van der Waals surface area contributed by atoms with Gasteiger partial charge >= 0.3 is 0 Å². The Labute approximate surface area is 87.1 Å². The third-order valence-corrected chi connectivity index (χ3v) is 2.31. The van der Waals surface area contributed by atoms with E-state index in [4.69, 9.17) is 5.11 Å². The van der Waals surface area contributed by atoms with Crippen molar-refractivity contribution in [3.63, 3.8) is 0 Å². The zero-order chi connectivity index (χ0) is 11.0. The van der Waals surface area contributed by atoms with Crippen molar-refractivity contribution in [2.45, 2.75) is 11.8 Å². The predicted molar refractivity (Wildman–Crippen MR) is 57.6 cm³/mol. The number of benzene rings is 1. The molecule has 0 aliphatic heterocycles. The van der Waals surface area contributed by atoms with Crippen LogP contribution >= 0.6 is 11.8 Å². The Morgan fingerprint density at radius 3 is 2.50 bits per heavy atom. The Morgan fingerprint density at radius 2 is 2.00 bits per heavy atom. The van der Waals surface area contributed by atoms with E-state index in [-0.39, 0.29) is 10.6 Å². The van der Waals surface area contributed by atoms with Crippen molar-refractivity contribution >= 4 is 17.4 Å². The van der Waals surface area contributed by atoms with E-state index in [0.29, 0.717) is 0 Å². The van der Waals surface area contributed by atoms with Gasteiger partial charge in [0.2, 0.25) is 0 Å². The molecule has 0 fully saturated rings. The van der Waals surface area contributed by atoms with E-state index in [0.717, 1.165) is 17.8 Å². The summed E-state index contributed by atoms with van der Waals surface area (Å²) >= 11 is 1.49. The fourth-order valence-corrected chi connectivity index (χ4v) is 1.66. The summed E-state index contributed by atoms with van der Waals surface area (Å²) in [4.78, 5) is 10.9. The molecule has 14 heavy (non-hydrogen) atoms. The highest BCUT2D eigenvalue weighted by atomic mass is 32.2. The number of nitro benzene ring substituents is 1. The molecule has 0 aromatic heterocycles. The molecule has 0 amide bonds. The normalized spacial score (nSPS) is 8.79. The molecule has 5 heteroatoms. The van der Waals surface area contributed by atoms with Crippen LogP contribution in [0.2, 0.25) is 0 Å². The minimum Gasteiger partial charge on any atom is -0.400 e. The van der Waals surface area contributed by atoms with Gasteiger partial charge in [-0.3, -0.25) is 10.1 Å². The van der Waals surface area contributed by atoms with Crippen LogP contribution in [0.1, 0.15) is 6.92 Å². The molecule has 1 aromatic rings. The summed E-state index contributed by atoms with van der Waals surface area (Å²) in [7, 11) is 1.00. The first-order valence-corrected chi connectivity index (χ1v) is 5.05. The summed E-state index contributed by atoms with van der Waals surface area (Å²) in [6, 6.07) is 6.78. The van der Waals surface area contributed by atoms with Crippen LogP contribution in [0, 0.1) is 10.1 Å². The molecule has 4 nitrogen and oxygen atoms in total. The molecule has 0 bridgehead atoms. The molecule has 0 radical (unpaired) electrons. The Bertz CT molecular complexity index is 291. The van der Waals surface area contributed by atoms with Gasteiger partial charge < -0.3 is 5.11 Å². The van der Waals surface area contributed by atoms with Crippen LogP contribution in [0.25, 0.3) is 0 Å². The fourth-order valence-electron chi connectivity index (χ4n) is 0.886. The number of para-hydroxylation sites is 1. The van der Waals surface area contributed by atoms with Gasteiger partial charge in [0.1, 0.15) is 0 Å². The molecule has 0 atom stereocenters. The van der Waals surface area contributed by atoms with Crippen molar-refractivity contribution < 1.29 is 10.0 Å². The molecule has 0 aliphatic rings. The van der Waals surface area contributed by atoms with Crippen LogP contribution in [0.5, 0.6) is 0 Å². The average molecular weight is 215 g/mol. The van der Waals surface area contributed by atoms with Gasteiger partial charge in [0.25, 0.3) is 5.69 Å². The Hall–Kier alpha value is -1.07. The van der Waals surface area contributed by atoms with Gasteiger partial charge in [0.15, 0.2) is 0 Å². The number of nitro groups is 1. The lowest BCUT2D eigenvalue weighted by molar-refractivity contribution is -0.387. The van der Waals surface area contributed by atoms with Crippen LogP contribution in [0.3, 0.4) is 0 Å². The number of thioether (sulfide) groups is 1. The fraction of sp³-hybridized carbons (Fsp3) is 0.333. The summed E-state index contributed by atoms with van der Waals surface area (Å²) in [5, 5.41) is 17.5. The third kappa shape index (κ3) is 3.76. The molecule has 0 saturated heterocycles. The summed E-state index contributed by atoms with van der Waals surface area (Å²) in [5.41, 5.74) is 0.198. The average Bonchev–Trinajstić information content (AvgIpc) is 2.22. The van der Waals surface area contributed by atoms with Crippen molar-refractivity contribution in [3.8, 4) is 0 Å². The molecule has 1 N–H and O–H groups in total. The molecule has 0 heterocycles. The molecule has 0 unspecified atom stereocenters.